The normalized spacial score (nSPS) is 16.2. The Morgan fingerprint density at radius 1 is 1.08 bits per heavy atom. The highest BCUT2D eigenvalue weighted by atomic mass is 19.1. The smallest absolute Gasteiger partial charge is 0.241 e. The first kappa shape index (κ1) is 18.2. The zero-order chi connectivity index (χ0) is 18.5. The molecule has 1 aliphatic heterocycles. The van der Waals surface area contributed by atoms with Crippen LogP contribution in [0.1, 0.15) is 6.92 Å². The summed E-state index contributed by atoms with van der Waals surface area (Å²) in [5, 5.41) is 2.95. The Morgan fingerprint density at radius 2 is 1.73 bits per heavy atom. The van der Waals surface area contributed by atoms with Gasteiger partial charge in [-0.15, -0.1) is 0 Å². The molecular weight excluding hydrogens is 333 g/mol. The first-order valence-electron chi connectivity index (χ1n) is 8.77. The zero-order valence-corrected chi connectivity index (χ0v) is 15.1. The van der Waals surface area contributed by atoms with Gasteiger partial charge in [0.2, 0.25) is 5.91 Å². The number of halogens is 1. The summed E-state index contributed by atoms with van der Waals surface area (Å²) >= 11 is 0. The Labute approximate surface area is 153 Å². The molecule has 1 saturated heterocycles. The van der Waals surface area contributed by atoms with Gasteiger partial charge in [-0.2, -0.15) is 0 Å². The Morgan fingerprint density at radius 3 is 2.38 bits per heavy atom. The van der Waals surface area contributed by atoms with E-state index in [1.165, 1.54) is 12.1 Å². The Bertz CT molecular complexity index is 743. The van der Waals surface area contributed by atoms with Gasteiger partial charge in [-0.25, -0.2) is 4.39 Å². The van der Waals surface area contributed by atoms with Gasteiger partial charge in [0.1, 0.15) is 11.6 Å². The molecule has 138 valence electrons. The van der Waals surface area contributed by atoms with Crippen LogP contribution in [0.4, 0.5) is 15.8 Å². The number of hydrogen-bond acceptors (Lipinski definition) is 4. The molecule has 0 bridgehead atoms. The van der Waals surface area contributed by atoms with Gasteiger partial charge < -0.3 is 15.0 Å². The molecule has 0 saturated carbocycles. The Balaban J connectivity index is 1.56. The molecule has 1 atom stereocenters. The number of piperazine rings is 1. The number of hydrogen-bond donors (Lipinski definition) is 1. The highest BCUT2D eigenvalue weighted by Crippen LogP contribution is 2.24. The van der Waals surface area contributed by atoms with Crippen LogP contribution in [0.5, 0.6) is 5.75 Å². The van der Waals surface area contributed by atoms with E-state index in [4.69, 9.17) is 4.74 Å². The second kappa shape index (κ2) is 8.19. The molecular formula is C20H24FN3O2. The van der Waals surface area contributed by atoms with Gasteiger partial charge in [0, 0.05) is 31.9 Å². The number of carbonyl (C=O) groups excluding carboxylic acids is 1. The lowest BCUT2D eigenvalue weighted by molar-refractivity contribution is -0.120. The van der Waals surface area contributed by atoms with Crippen molar-refractivity contribution in [2.45, 2.75) is 13.0 Å². The first-order chi connectivity index (χ1) is 12.6. The molecule has 1 N–H and O–H groups in total. The number of amides is 1. The molecule has 2 aromatic carbocycles. The molecule has 0 spiro atoms. The summed E-state index contributed by atoms with van der Waals surface area (Å²) in [7, 11) is 1.59. The minimum Gasteiger partial charge on any atom is -0.495 e. The minimum atomic E-state index is -0.240. The summed E-state index contributed by atoms with van der Waals surface area (Å²) in [6.45, 7) is 5.07. The molecule has 1 amide bonds. The van der Waals surface area contributed by atoms with Crippen molar-refractivity contribution in [3.63, 3.8) is 0 Å². The van der Waals surface area contributed by atoms with Crippen LogP contribution in [0.15, 0.2) is 48.5 Å². The van der Waals surface area contributed by atoms with E-state index in [1.807, 2.05) is 31.2 Å². The summed E-state index contributed by atoms with van der Waals surface area (Å²) in [6, 6.07) is 13.7. The van der Waals surface area contributed by atoms with Gasteiger partial charge in [-0.1, -0.05) is 12.1 Å². The topological polar surface area (TPSA) is 44.8 Å². The third-order valence-electron chi connectivity index (χ3n) is 4.80. The molecule has 1 aliphatic rings. The highest BCUT2D eigenvalue weighted by Gasteiger charge is 2.26. The van der Waals surface area contributed by atoms with Crippen LogP contribution in [-0.2, 0) is 4.79 Å². The molecule has 0 radical (unpaired) electrons. The molecule has 2 aromatic rings. The highest BCUT2D eigenvalue weighted by molar-refractivity contribution is 5.95. The van der Waals surface area contributed by atoms with E-state index in [0.29, 0.717) is 11.4 Å². The average Bonchev–Trinajstić information content (AvgIpc) is 2.68. The summed E-state index contributed by atoms with van der Waals surface area (Å²) < 4.78 is 18.3. The Kier molecular flexibility index (Phi) is 5.73. The molecule has 5 nitrogen and oxygen atoms in total. The van der Waals surface area contributed by atoms with E-state index in [2.05, 4.69) is 15.1 Å². The van der Waals surface area contributed by atoms with Gasteiger partial charge >= 0.3 is 0 Å². The summed E-state index contributed by atoms with van der Waals surface area (Å²) in [5.41, 5.74) is 1.69. The maximum atomic E-state index is 13.1. The van der Waals surface area contributed by atoms with Crippen molar-refractivity contribution in [2.24, 2.45) is 0 Å². The second-order valence-corrected chi connectivity index (χ2v) is 6.36. The minimum absolute atomic E-state index is 0.0512. The molecule has 3 rings (SSSR count). The van der Waals surface area contributed by atoms with Gasteiger partial charge in [0.15, 0.2) is 0 Å². The maximum Gasteiger partial charge on any atom is 0.241 e. The third kappa shape index (κ3) is 4.14. The standard InChI is InChI=1S/C20H24FN3O2/c1-15(20(25)22-18-5-3-4-6-19(18)26-2)23-11-13-24(14-12-23)17-9-7-16(21)8-10-17/h3-10,15H,11-14H2,1-2H3,(H,22,25)/t15-/m0/s1. The number of carbonyl (C=O) groups is 1. The largest absolute Gasteiger partial charge is 0.495 e. The predicted octanol–water partition coefficient (Wildman–Crippen LogP) is 2.98. The number of anilines is 2. The number of ether oxygens (including phenoxy) is 1. The number of methoxy groups -OCH3 is 1. The van der Waals surface area contributed by atoms with Crippen LogP contribution in [0.25, 0.3) is 0 Å². The average molecular weight is 357 g/mol. The van der Waals surface area contributed by atoms with Crippen LogP contribution in [0.3, 0.4) is 0 Å². The molecule has 1 fully saturated rings. The first-order valence-corrected chi connectivity index (χ1v) is 8.77. The maximum absolute atomic E-state index is 13.1. The molecule has 26 heavy (non-hydrogen) atoms. The quantitative estimate of drug-likeness (QED) is 0.894. The van der Waals surface area contributed by atoms with Crippen LogP contribution < -0.4 is 15.0 Å². The fourth-order valence-corrected chi connectivity index (χ4v) is 3.17. The van der Waals surface area contributed by atoms with E-state index < -0.39 is 0 Å². The van der Waals surface area contributed by atoms with Crippen LogP contribution in [0.2, 0.25) is 0 Å². The lowest BCUT2D eigenvalue weighted by Crippen LogP contribution is -2.52. The van der Waals surface area contributed by atoms with Crippen molar-refractivity contribution < 1.29 is 13.9 Å². The van der Waals surface area contributed by atoms with Crippen molar-refractivity contribution in [2.75, 3.05) is 43.5 Å². The summed E-state index contributed by atoms with van der Waals surface area (Å²) in [6.07, 6.45) is 0. The molecule has 0 aromatic heterocycles. The number of para-hydroxylation sites is 2. The number of nitrogens with one attached hydrogen (secondary N) is 1. The molecule has 0 unspecified atom stereocenters. The predicted molar refractivity (Wildman–Crippen MR) is 101 cm³/mol. The lowest BCUT2D eigenvalue weighted by atomic mass is 10.2. The van der Waals surface area contributed by atoms with Gasteiger partial charge in [-0.3, -0.25) is 9.69 Å². The number of benzene rings is 2. The molecule has 6 heteroatoms. The van der Waals surface area contributed by atoms with E-state index in [1.54, 1.807) is 19.2 Å². The van der Waals surface area contributed by atoms with E-state index in [0.717, 1.165) is 31.9 Å². The van der Waals surface area contributed by atoms with E-state index in [9.17, 15) is 9.18 Å². The van der Waals surface area contributed by atoms with Crippen molar-refractivity contribution in [1.29, 1.82) is 0 Å². The third-order valence-corrected chi connectivity index (χ3v) is 4.80. The number of nitrogens with zero attached hydrogens (tertiary/aromatic N) is 2. The van der Waals surface area contributed by atoms with Gasteiger partial charge in [-0.05, 0) is 43.3 Å². The van der Waals surface area contributed by atoms with Crippen molar-refractivity contribution in [3.8, 4) is 5.75 Å². The van der Waals surface area contributed by atoms with Crippen molar-refractivity contribution in [1.82, 2.24) is 4.90 Å². The van der Waals surface area contributed by atoms with Crippen molar-refractivity contribution >= 4 is 17.3 Å². The number of rotatable bonds is 5. The molecule has 1 heterocycles. The van der Waals surface area contributed by atoms with Crippen molar-refractivity contribution in [3.05, 3.63) is 54.3 Å². The Hall–Kier alpha value is -2.60. The van der Waals surface area contributed by atoms with Gasteiger partial charge in [0.25, 0.3) is 0 Å². The van der Waals surface area contributed by atoms with Crippen LogP contribution in [0, 0.1) is 5.82 Å². The molecule has 0 aliphatic carbocycles. The van der Waals surface area contributed by atoms with E-state index in [-0.39, 0.29) is 17.8 Å². The second-order valence-electron chi connectivity index (χ2n) is 6.36. The van der Waals surface area contributed by atoms with Gasteiger partial charge in [0.05, 0.1) is 18.8 Å². The summed E-state index contributed by atoms with van der Waals surface area (Å²) in [4.78, 5) is 17.0. The van der Waals surface area contributed by atoms with E-state index >= 15 is 0 Å². The fourth-order valence-electron chi connectivity index (χ4n) is 3.17. The monoisotopic (exact) mass is 357 g/mol. The summed E-state index contributed by atoms with van der Waals surface area (Å²) in [5.74, 6) is 0.368. The lowest BCUT2D eigenvalue weighted by Gasteiger charge is -2.38. The fraction of sp³-hybridized carbons (Fsp3) is 0.350. The van der Waals surface area contributed by atoms with Crippen LogP contribution >= 0.6 is 0 Å². The SMILES string of the molecule is COc1ccccc1NC(=O)[C@H](C)N1CCN(c2ccc(F)cc2)CC1. The zero-order valence-electron chi connectivity index (χ0n) is 15.1. The van der Waals surface area contributed by atoms with Crippen LogP contribution in [-0.4, -0.2) is 50.1 Å².